The molecule has 2 amide bonds. The van der Waals surface area contributed by atoms with Gasteiger partial charge in [0, 0.05) is 58.4 Å². The number of imidazole rings is 1. The number of likely N-dealkylation sites (N-methyl/N-ethyl adjacent to an activating group) is 1. The average molecular weight is 651 g/mol. The molecule has 6 rings (SSSR count). The maximum Gasteiger partial charge on any atom is 0.251 e. The summed E-state index contributed by atoms with van der Waals surface area (Å²) >= 11 is 7.78. The lowest BCUT2D eigenvalue weighted by atomic mass is 10.1. The van der Waals surface area contributed by atoms with E-state index in [9.17, 15) is 9.59 Å². The van der Waals surface area contributed by atoms with Crippen molar-refractivity contribution >= 4 is 57.0 Å². The van der Waals surface area contributed by atoms with E-state index < -0.39 is 0 Å². The first-order chi connectivity index (χ1) is 22.3. The van der Waals surface area contributed by atoms with Crippen molar-refractivity contribution in [3.63, 3.8) is 0 Å². The van der Waals surface area contributed by atoms with Gasteiger partial charge < -0.3 is 20.9 Å². The van der Waals surface area contributed by atoms with Crippen molar-refractivity contribution in [3.05, 3.63) is 113 Å². The minimum Gasteiger partial charge on any atom is -0.351 e. The second-order valence-electron chi connectivity index (χ2n) is 10.8. The maximum atomic E-state index is 12.9. The molecular weight excluding hydrogens is 620 g/mol. The zero-order valence-electron chi connectivity index (χ0n) is 25.2. The van der Waals surface area contributed by atoms with Gasteiger partial charge in [-0.05, 0) is 62.1 Å². The Morgan fingerprint density at radius 1 is 0.957 bits per heavy atom. The van der Waals surface area contributed by atoms with Crippen molar-refractivity contribution in [2.24, 2.45) is 0 Å². The van der Waals surface area contributed by atoms with Gasteiger partial charge in [-0.1, -0.05) is 48.0 Å². The van der Waals surface area contributed by atoms with E-state index in [1.54, 1.807) is 24.4 Å². The number of nitrogens with one attached hydrogen (secondary N) is 3. The van der Waals surface area contributed by atoms with Crippen LogP contribution in [0.25, 0.3) is 27.6 Å². The highest BCUT2D eigenvalue weighted by Gasteiger charge is 2.19. The molecule has 0 saturated carbocycles. The third kappa shape index (κ3) is 7.23. The van der Waals surface area contributed by atoms with E-state index in [1.165, 1.54) is 11.3 Å². The molecule has 232 valence electrons. The fourth-order valence-electron chi connectivity index (χ4n) is 4.91. The first kappa shape index (κ1) is 30.9. The van der Waals surface area contributed by atoms with Gasteiger partial charge in [-0.25, -0.2) is 15.0 Å². The number of benzene rings is 3. The first-order valence-electron chi connectivity index (χ1n) is 14.6. The Morgan fingerprint density at radius 2 is 1.78 bits per heavy atom. The minimum absolute atomic E-state index is 0.147. The summed E-state index contributed by atoms with van der Waals surface area (Å²) in [5.74, 6) is 0.0588. The van der Waals surface area contributed by atoms with Crippen LogP contribution in [-0.2, 0) is 11.2 Å². The average Bonchev–Trinajstić information content (AvgIpc) is 3.64. The van der Waals surface area contributed by atoms with E-state index >= 15 is 0 Å². The van der Waals surface area contributed by atoms with E-state index in [4.69, 9.17) is 21.6 Å². The van der Waals surface area contributed by atoms with Gasteiger partial charge in [-0.2, -0.15) is 0 Å². The van der Waals surface area contributed by atoms with E-state index in [2.05, 4.69) is 20.9 Å². The van der Waals surface area contributed by atoms with E-state index in [1.807, 2.05) is 95.6 Å². The van der Waals surface area contributed by atoms with Crippen molar-refractivity contribution < 1.29 is 9.59 Å². The number of hydrogen-bond donors (Lipinski definition) is 3. The quantitative estimate of drug-likeness (QED) is 0.149. The lowest BCUT2D eigenvalue weighted by Gasteiger charge is -2.12. The second-order valence-corrected chi connectivity index (χ2v) is 12.1. The molecule has 0 bridgehead atoms. The Labute approximate surface area is 275 Å². The van der Waals surface area contributed by atoms with Crippen LogP contribution < -0.4 is 16.0 Å². The normalized spacial score (nSPS) is 11.1. The molecule has 0 spiro atoms. The molecule has 0 fully saturated rings. The molecule has 0 atom stereocenters. The highest BCUT2D eigenvalue weighted by Crippen LogP contribution is 2.35. The molecule has 6 aromatic rings. The zero-order valence-corrected chi connectivity index (χ0v) is 26.8. The molecule has 12 heteroatoms. The standard InChI is InChI=1S/C34H31ClN8O2S/c1-42(2)16-15-36-32(45)24-9-6-11-26(20-24)39-33-37-14-13-28(40-33)31-30(41-34-43(31)17-18-46-34)23-8-5-10-25(19-23)38-29(44)21-22-7-3-4-12-27(22)35/h3-14,17-20H,15-16,21H2,1-2H3,(H,36,45)(H,38,44)(H,37,39,40). The van der Waals surface area contributed by atoms with E-state index in [0.29, 0.717) is 40.1 Å². The van der Waals surface area contributed by atoms with Crippen LogP contribution >= 0.6 is 22.9 Å². The summed E-state index contributed by atoms with van der Waals surface area (Å²) in [6.07, 6.45) is 3.80. The van der Waals surface area contributed by atoms with Crippen LogP contribution in [0.3, 0.4) is 0 Å². The molecule has 3 N–H and O–H groups in total. The molecule has 0 unspecified atom stereocenters. The van der Waals surface area contributed by atoms with E-state index in [-0.39, 0.29) is 18.2 Å². The molecule has 0 aliphatic carbocycles. The van der Waals surface area contributed by atoms with Crippen LogP contribution in [0.5, 0.6) is 0 Å². The van der Waals surface area contributed by atoms with Crippen LogP contribution in [0.4, 0.5) is 17.3 Å². The number of halogens is 1. The van der Waals surface area contributed by atoms with Gasteiger partial charge in [0.15, 0.2) is 4.96 Å². The van der Waals surface area contributed by atoms with Crippen LogP contribution in [0.15, 0.2) is 96.6 Å². The molecule has 46 heavy (non-hydrogen) atoms. The summed E-state index contributed by atoms with van der Waals surface area (Å²) in [4.78, 5) is 42.5. The summed E-state index contributed by atoms with van der Waals surface area (Å²) < 4.78 is 1.99. The highest BCUT2D eigenvalue weighted by molar-refractivity contribution is 7.15. The topological polar surface area (TPSA) is 117 Å². The smallest absolute Gasteiger partial charge is 0.251 e. The summed E-state index contributed by atoms with van der Waals surface area (Å²) in [6, 6.07) is 23.9. The molecule has 3 aromatic heterocycles. The van der Waals surface area contributed by atoms with Crippen molar-refractivity contribution in [2.45, 2.75) is 6.42 Å². The Bertz CT molecular complexity index is 2020. The van der Waals surface area contributed by atoms with Crippen LogP contribution in [0.1, 0.15) is 15.9 Å². The number of hydrogen-bond acceptors (Lipinski definition) is 8. The second kappa shape index (κ2) is 13.9. The van der Waals surface area contributed by atoms with Gasteiger partial charge >= 0.3 is 0 Å². The molecular formula is C34H31ClN8O2S. The number of rotatable bonds is 11. The van der Waals surface area contributed by atoms with Crippen LogP contribution in [0, 0.1) is 0 Å². The SMILES string of the molecule is CN(C)CCNC(=O)c1cccc(Nc2nccc(-c3c(-c4cccc(NC(=O)Cc5ccccc5Cl)c4)nc4sccn34)n2)c1. The maximum absolute atomic E-state index is 12.9. The van der Waals surface area contributed by atoms with Gasteiger partial charge in [0.2, 0.25) is 11.9 Å². The number of aromatic nitrogens is 4. The summed E-state index contributed by atoms with van der Waals surface area (Å²) in [6.45, 7) is 1.30. The number of carbonyl (C=O) groups is 2. The highest BCUT2D eigenvalue weighted by atomic mass is 35.5. The molecule has 0 saturated heterocycles. The van der Waals surface area contributed by atoms with Gasteiger partial charge in [0.25, 0.3) is 5.91 Å². The molecule has 0 radical (unpaired) electrons. The van der Waals surface area contributed by atoms with Crippen LogP contribution in [-0.4, -0.2) is 63.3 Å². The fourth-order valence-corrected chi connectivity index (χ4v) is 5.83. The Hall–Kier alpha value is -5.10. The molecule has 3 heterocycles. The Balaban J connectivity index is 1.25. The molecule has 0 aliphatic rings. The van der Waals surface area contributed by atoms with Gasteiger partial charge in [0.1, 0.15) is 5.69 Å². The monoisotopic (exact) mass is 650 g/mol. The Morgan fingerprint density at radius 3 is 2.63 bits per heavy atom. The van der Waals surface area contributed by atoms with Crippen molar-refractivity contribution in [1.29, 1.82) is 0 Å². The summed E-state index contributed by atoms with van der Waals surface area (Å²) in [5.41, 5.74) is 5.62. The van der Waals surface area contributed by atoms with Crippen molar-refractivity contribution in [1.82, 2.24) is 29.6 Å². The largest absolute Gasteiger partial charge is 0.351 e. The number of anilines is 3. The van der Waals surface area contributed by atoms with E-state index in [0.717, 1.165) is 34.0 Å². The lowest BCUT2D eigenvalue weighted by molar-refractivity contribution is -0.115. The predicted octanol–water partition coefficient (Wildman–Crippen LogP) is 6.39. The number of nitrogens with zero attached hydrogens (tertiary/aromatic N) is 5. The minimum atomic E-state index is -0.169. The lowest BCUT2D eigenvalue weighted by Crippen LogP contribution is -2.31. The summed E-state index contributed by atoms with van der Waals surface area (Å²) in [7, 11) is 3.92. The number of thiazole rings is 1. The number of carbonyl (C=O) groups excluding carboxylic acids is 2. The zero-order chi connectivity index (χ0) is 32.0. The third-order valence-electron chi connectivity index (χ3n) is 7.11. The van der Waals surface area contributed by atoms with Gasteiger partial charge in [-0.15, -0.1) is 11.3 Å². The summed E-state index contributed by atoms with van der Waals surface area (Å²) in [5, 5.41) is 11.7. The number of amides is 2. The van der Waals surface area contributed by atoms with Gasteiger partial charge in [-0.3, -0.25) is 14.0 Å². The van der Waals surface area contributed by atoms with Crippen molar-refractivity contribution in [2.75, 3.05) is 37.8 Å². The first-order valence-corrected chi connectivity index (χ1v) is 15.8. The van der Waals surface area contributed by atoms with Crippen LogP contribution in [0.2, 0.25) is 5.02 Å². The molecule has 0 aliphatic heterocycles. The Kier molecular flexibility index (Phi) is 9.34. The van der Waals surface area contributed by atoms with Gasteiger partial charge in [0.05, 0.1) is 17.8 Å². The third-order valence-corrected chi connectivity index (χ3v) is 8.24. The number of fused-ring (bicyclic) bond motifs is 1. The fraction of sp³-hybridized carbons (Fsp3) is 0.147. The predicted molar refractivity (Wildman–Crippen MR) is 184 cm³/mol. The molecule has 10 nitrogen and oxygen atoms in total. The van der Waals surface area contributed by atoms with Crippen molar-refractivity contribution in [3.8, 4) is 22.6 Å². The molecule has 3 aromatic carbocycles.